The molecule has 0 aliphatic heterocycles. The second kappa shape index (κ2) is 12.8. The van der Waals surface area contributed by atoms with Crippen molar-refractivity contribution in [2.75, 3.05) is 0 Å². The van der Waals surface area contributed by atoms with Gasteiger partial charge in [-0.2, -0.15) is 0 Å². The van der Waals surface area contributed by atoms with Crippen molar-refractivity contribution in [2.45, 2.75) is 58.8 Å². The highest BCUT2D eigenvalue weighted by molar-refractivity contribution is 6.47. The Kier molecular flexibility index (Phi) is 9.88. The molecule has 0 saturated heterocycles. The molecule has 142 valence electrons. The third kappa shape index (κ3) is 8.17. The van der Waals surface area contributed by atoms with Crippen LogP contribution in [0.1, 0.15) is 58.8 Å². The summed E-state index contributed by atoms with van der Waals surface area (Å²) in [6.07, 6.45) is 12.4. The van der Waals surface area contributed by atoms with E-state index in [-0.39, 0.29) is 0 Å². The van der Waals surface area contributed by atoms with Gasteiger partial charge in [0.1, 0.15) is 0 Å². The maximum atomic E-state index is 4.97. The fraction of sp³-hybridized carbons (Fsp3) is 0.360. The second-order valence-electron chi connectivity index (χ2n) is 6.73. The van der Waals surface area contributed by atoms with Gasteiger partial charge in [-0.25, -0.2) is 4.99 Å². The third-order valence-corrected chi connectivity index (χ3v) is 4.32. The third-order valence-electron chi connectivity index (χ3n) is 4.32. The van der Waals surface area contributed by atoms with Crippen molar-refractivity contribution in [3.63, 3.8) is 0 Å². The van der Waals surface area contributed by atoms with Crippen molar-refractivity contribution >= 4 is 22.8 Å². The van der Waals surface area contributed by atoms with Crippen LogP contribution in [0.4, 0.5) is 11.4 Å². The number of aliphatic imine (C=N–C) groups is 2. The Morgan fingerprint density at radius 3 is 1.96 bits per heavy atom. The molecule has 0 fully saturated rings. The largest absolute Gasteiger partial charge is 0.251 e. The first kappa shape index (κ1) is 20.8. The maximum absolute atomic E-state index is 4.97. The van der Waals surface area contributed by atoms with E-state index >= 15 is 0 Å². The van der Waals surface area contributed by atoms with Crippen molar-refractivity contribution < 1.29 is 0 Å². The smallest absolute Gasteiger partial charge is 0.0848 e. The van der Waals surface area contributed by atoms with Gasteiger partial charge in [-0.05, 0) is 49.6 Å². The van der Waals surface area contributed by atoms with E-state index in [2.05, 4.69) is 38.1 Å². The number of para-hydroxylation sites is 2. The molecule has 0 aliphatic carbocycles. The molecule has 0 unspecified atom stereocenters. The van der Waals surface area contributed by atoms with Crippen molar-refractivity contribution in [1.29, 1.82) is 0 Å². The van der Waals surface area contributed by atoms with Crippen LogP contribution in [0.5, 0.6) is 0 Å². The summed E-state index contributed by atoms with van der Waals surface area (Å²) in [5, 5.41) is 0. The lowest BCUT2D eigenvalue weighted by Gasteiger charge is -2.08. The van der Waals surface area contributed by atoms with E-state index in [4.69, 9.17) is 9.98 Å². The molecule has 0 heterocycles. The highest BCUT2D eigenvalue weighted by Gasteiger charge is 2.08. The minimum Gasteiger partial charge on any atom is -0.251 e. The van der Waals surface area contributed by atoms with Crippen LogP contribution >= 0.6 is 0 Å². The second-order valence-corrected chi connectivity index (χ2v) is 6.73. The summed E-state index contributed by atoms with van der Waals surface area (Å²) in [6.45, 7) is 4.44. The first-order valence-electron chi connectivity index (χ1n) is 10.3. The standard InChI is InChI=1S/C25H32N2/c1-3-5-7-15-21-25(27-23-18-13-9-14-19-23)24(20-10-6-4-2)26-22-16-11-8-12-17-22/h8-14,16-20H,3-7,15,21H2,1-2H3. The molecule has 0 bridgehead atoms. The molecule has 0 aliphatic rings. The molecule has 0 N–H and O–H groups in total. The molecule has 0 atom stereocenters. The number of nitrogens with zero attached hydrogens (tertiary/aromatic N) is 2. The monoisotopic (exact) mass is 360 g/mol. The molecule has 2 aromatic rings. The normalized spacial score (nSPS) is 12.7. The molecule has 2 heteroatoms. The van der Waals surface area contributed by atoms with Crippen LogP contribution < -0.4 is 0 Å². The van der Waals surface area contributed by atoms with E-state index in [0.717, 1.165) is 48.5 Å². The summed E-state index contributed by atoms with van der Waals surface area (Å²) >= 11 is 0. The molecule has 0 spiro atoms. The number of hydrogen-bond acceptors (Lipinski definition) is 2. The van der Waals surface area contributed by atoms with Crippen LogP contribution in [0.15, 0.2) is 82.8 Å². The Hall–Kier alpha value is -2.48. The summed E-state index contributed by atoms with van der Waals surface area (Å²) in [5.41, 5.74) is 4.03. The summed E-state index contributed by atoms with van der Waals surface area (Å²) < 4.78 is 0. The SMILES string of the molecule is CCCC=CC(=Nc1ccccc1)C(CCCCCC)=Nc1ccccc1. The predicted molar refractivity (Wildman–Crippen MR) is 120 cm³/mol. The van der Waals surface area contributed by atoms with Gasteiger partial charge in [-0.3, -0.25) is 4.99 Å². The van der Waals surface area contributed by atoms with E-state index in [0.29, 0.717) is 0 Å². The average Bonchev–Trinajstić information content (AvgIpc) is 2.71. The van der Waals surface area contributed by atoms with Crippen molar-refractivity contribution in [3.05, 3.63) is 72.8 Å². The molecule has 0 amide bonds. The zero-order chi connectivity index (χ0) is 19.2. The van der Waals surface area contributed by atoms with Crippen molar-refractivity contribution in [1.82, 2.24) is 0 Å². The fourth-order valence-electron chi connectivity index (χ4n) is 2.82. The Morgan fingerprint density at radius 1 is 0.741 bits per heavy atom. The molecule has 2 aromatic carbocycles. The minimum absolute atomic E-state index is 0.955. The molecular formula is C25H32N2. The fourth-order valence-corrected chi connectivity index (χ4v) is 2.82. The number of benzene rings is 2. The van der Waals surface area contributed by atoms with Gasteiger partial charge in [0, 0.05) is 0 Å². The quantitative estimate of drug-likeness (QED) is 0.288. The topological polar surface area (TPSA) is 24.7 Å². The van der Waals surface area contributed by atoms with Crippen LogP contribution in [0, 0.1) is 0 Å². The summed E-state index contributed by atoms with van der Waals surface area (Å²) in [7, 11) is 0. The zero-order valence-electron chi connectivity index (χ0n) is 16.8. The minimum atomic E-state index is 0.955. The van der Waals surface area contributed by atoms with E-state index < -0.39 is 0 Å². The van der Waals surface area contributed by atoms with Crippen LogP contribution in [-0.2, 0) is 0 Å². The van der Waals surface area contributed by atoms with Crippen LogP contribution in [0.2, 0.25) is 0 Å². The Morgan fingerprint density at radius 2 is 1.37 bits per heavy atom. The van der Waals surface area contributed by atoms with Gasteiger partial charge in [0.2, 0.25) is 0 Å². The summed E-state index contributed by atoms with van der Waals surface area (Å²) in [5.74, 6) is 0. The summed E-state index contributed by atoms with van der Waals surface area (Å²) in [4.78, 5) is 9.89. The molecule has 0 radical (unpaired) electrons. The van der Waals surface area contributed by atoms with Gasteiger partial charge in [-0.1, -0.05) is 82.0 Å². The van der Waals surface area contributed by atoms with E-state index in [1.54, 1.807) is 0 Å². The van der Waals surface area contributed by atoms with Gasteiger partial charge >= 0.3 is 0 Å². The first-order valence-corrected chi connectivity index (χ1v) is 10.3. The molecular weight excluding hydrogens is 328 g/mol. The van der Waals surface area contributed by atoms with Crippen molar-refractivity contribution in [3.8, 4) is 0 Å². The van der Waals surface area contributed by atoms with Gasteiger partial charge in [0.25, 0.3) is 0 Å². The van der Waals surface area contributed by atoms with Crippen molar-refractivity contribution in [2.24, 2.45) is 9.98 Å². The molecule has 2 nitrogen and oxygen atoms in total. The highest BCUT2D eigenvalue weighted by atomic mass is 14.8. The predicted octanol–water partition coefficient (Wildman–Crippen LogP) is 7.86. The van der Waals surface area contributed by atoms with E-state index in [1.165, 1.54) is 19.3 Å². The Bertz CT molecular complexity index is 727. The molecule has 0 aromatic heterocycles. The highest BCUT2D eigenvalue weighted by Crippen LogP contribution is 2.17. The van der Waals surface area contributed by atoms with Gasteiger partial charge in [-0.15, -0.1) is 0 Å². The lowest BCUT2D eigenvalue weighted by Crippen LogP contribution is -2.12. The maximum Gasteiger partial charge on any atom is 0.0848 e. The number of hydrogen-bond donors (Lipinski definition) is 0. The molecule has 27 heavy (non-hydrogen) atoms. The van der Waals surface area contributed by atoms with Crippen LogP contribution in [-0.4, -0.2) is 11.4 Å². The molecule has 2 rings (SSSR count). The number of rotatable bonds is 11. The van der Waals surface area contributed by atoms with E-state index in [1.807, 2.05) is 48.5 Å². The van der Waals surface area contributed by atoms with Crippen LogP contribution in [0.25, 0.3) is 0 Å². The summed E-state index contributed by atoms with van der Waals surface area (Å²) in [6, 6.07) is 20.4. The van der Waals surface area contributed by atoms with E-state index in [9.17, 15) is 0 Å². The van der Waals surface area contributed by atoms with Gasteiger partial charge in [0.15, 0.2) is 0 Å². The Balaban J connectivity index is 2.35. The number of unbranched alkanes of at least 4 members (excludes halogenated alkanes) is 4. The number of allylic oxidation sites excluding steroid dienone is 2. The zero-order valence-corrected chi connectivity index (χ0v) is 16.8. The first-order chi connectivity index (χ1) is 13.3. The Labute approximate surface area is 164 Å². The lowest BCUT2D eigenvalue weighted by atomic mass is 10.0. The van der Waals surface area contributed by atoms with Gasteiger partial charge in [0.05, 0.1) is 22.8 Å². The molecule has 0 saturated carbocycles. The van der Waals surface area contributed by atoms with Crippen LogP contribution in [0.3, 0.4) is 0 Å². The lowest BCUT2D eigenvalue weighted by molar-refractivity contribution is 0.684. The van der Waals surface area contributed by atoms with Gasteiger partial charge < -0.3 is 0 Å². The average molecular weight is 361 g/mol.